The van der Waals surface area contributed by atoms with Crippen molar-refractivity contribution in [1.29, 1.82) is 0 Å². The Morgan fingerprint density at radius 3 is 1.33 bits per heavy atom. The van der Waals surface area contributed by atoms with Crippen molar-refractivity contribution < 1.29 is 0 Å². The monoisotopic (exact) mass is 316 g/mol. The Morgan fingerprint density at radius 1 is 0.667 bits per heavy atom. The van der Waals surface area contributed by atoms with Crippen LogP contribution in [0, 0.1) is 5.92 Å². The molecule has 128 valence electrons. The van der Waals surface area contributed by atoms with Crippen LogP contribution in [-0.4, -0.2) is 4.87 Å². The molecule has 0 saturated heterocycles. The van der Waals surface area contributed by atoms with E-state index in [2.05, 4.69) is 27.7 Å². The van der Waals surface area contributed by atoms with E-state index in [9.17, 15) is 0 Å². The fraction of sp³-hybridized carbons (Fsp3) is 1.00. The maximum absolute atomic E-state index is 6.51. The van der Waals surface area contributed by atoms with Gasteiger partial charge in [0.25, 0.3) is 0 Å². The molecule has 21 heavy (non-hydrogen) atoms. The van der Waals surface area contributed by atoms with Gasteiger partial charge < -0.3 is 0 Å². The van der Waals surface area contributed by atoms with Gasteiger partial charge in [-0.25, -0.2) is 0 Å². The Hall–Kier alpha value is 0.290. The molecule has 0 aliphatic heterocycles. The van der Waals surface area contributed by atoms with Gasteiger partial charge in [0, 0.05) is 4.87 Å². The van der Waals surface area contributed by atoms with Gasteiger partial charge >= 0.3 is 0 Å². The Morgan fingerprint density at radius 2 is 1.00 bits per heavy atom. The lowest BCUT2D eigenvalue weighted by Gasteiger charge is -2.26. The minimum Gasteiger partial charge on any atom is -0.119 e. The summed E-state index contributed by atoms with van der Waals surface area (Å²) in [6.07, 6.45) is 19.6. The van der Waals surface area contributed by atoms with Crippen molar-refractivity contribution in [3.05, 3.63) is 0 Å². The first-order valence-corrected chi connectivity index (χ1v) is 10.1. The first kappa shape index (κ1) is 21.3. The molecule has 0 bridgehead atoms. The second-order valence-electron chi connectivity index (χ2n) is 7.43. The van der Waals surface area contributed by atoms with Crippen LogP contribution in [-0.2, 0) is 0 Å². The van der Waals surface area contributed by atoms with E-state index < -0.39 is 0 Å². The summed E-state index contributed by atoms with van der Waals surface area (Å²) in [5.41, 5.74) is 0. The SMILES string of the molecule is CCCCCCCCCCCCCCCC(C)(Cl)C(C)C. The molecule has 0 aromatic rings. The van der Waals surface area contributed by atoms with E-state index in [0.29, 0.717) is 5.92 Å². The van der Waals surface area contributed by atoms with Gasteiger partial charge in [-0.15, -0.1) is 11.6 Å². The van der Waals surface area contributed by atoms with Crippen LogP contribution in [0.3, 0.4) is 0 Å². The molecule has 0 aliphatic rings. The van der Waals surface area contributed by atoms with Crippen LogP contribution in [0.2, 0.25) is 0 Å². The highest BCUT2D eigenvalue weighted by molar-refractivity contribution is 6.23. The fourth-order valence-corrected chi connectivity index (χ4v) is 2.91. The molecule has 0 fully saturated rings. The molecule has 0 amide bonds. The third kappa shape index (κ3) is 13.7. The van der Waals surface area contributed by atoms with Crippen molar-refractivity contribution in [2.75, 3.05) is 0 Å². The quantitative estimate of drug-likeness (QED) is 0.211. The molecule has 0 aliphatic carbocycles. The third-order valence-electron chi connectivity index (χ3n) is 4.97. The predicted molar refractivity (Wildman–Crippen MR) is 99.4 cm³/mol. The lowest BCUT2D eigenvalue weighted by Crippen LogP contribution is -2.23. The summed E-state index contributed by atoms with van der Waals surface area (Å²) in [7, 11) is 0. The largest absolute Gasteiger partial charge is 0.119 e. The fourth-order valence-electron chi connectivity index (χ4n) is 2.78. The van der Waals surface area contributed by atoms with E-state index in [1.807, 2.05) is 0 Å². The van der Waals surface area contributed by atoms with E-state index in [1.165, 1.54) is 89.9 Å². The normalized spacial score (nSPS) is 14.6. The first-order chi connectivity index (χ1) is 10.0. The van der Waals surface area contributed by atoms with Crippen LogP contribution < -0.4 is 0 Å². The second-order valence-corrected chi connectivity index (χ2v) is 8.29. The van der Waals surface area contributed by atoms with Gasteiger partial charge in [-0.05, 0) is 19.3 Å². The molecule has 0 saturated carbocycles. The highest BCUT2D eigenvalue weighted by Crippen LogP contribution is 2.30. The molecule has 0 N–H and O–H groups in total. The molecule has 0 aromatic carbocycles. The van der Waals surface area contributed by atoms with Gasteiger partial charge in [0.1, 0.15) is 0 Å². The van der Waals surface area contributed by atoms with E-state index in [0.717, 1.165) is 0 Å². The molecule has 0 heterocycles. The van der Waals surface area contributed by atoms with Gasteiger partial charge in [0.15, 0.2) is 0 Å². The van der Waals surface area contributed by atoms with Crippen LogP contribution in [0.1, 0.15) is 118 Å². The Kier molecular flexibility index (Phi) is 14.1. The lowest BCUT2D eigenvalue weighted by molar-refractivity contribution is 0.407. The minimum absolute atomic E-state index is 0.0117. The molecule has 0 radical (unpaired) electrons. The molecule has 1 heteroatoms. The zero-order chi connectivity index (χ0) is 16.0. The lowest BCUT2D eigenvalue weighted by atomic mass is 9.91. The van der Waals surface area contributed by atoms with Crippen molar-refractivity contribution in [3.8, 4) is 0 Å². The summed E-state index contributed by atoms with van der Waals surface area (Å²) in [5, 5.41) is 0. The summed E-state index contributed by atoms with van der Waals surface area (Å²) >= 11 is 6.51. The number of hydrogen-bond acceptors (Lipinski definition) is 0. The average molecular weight is 317 g/mol. The zero-order valence-electron chi connectivity index (χ0n) is 15.4. The van der Waals surface area contributed by atoms with Gasteiger partial charge in [-0.1, -0.05) is 104 Å². The van der Waals surface area contributed by atoms with Crippen LogP contribution in [0.25, 0.3) is 0 Å². The highest BCUT2D eigenvalue weighted by Gasteiger charge is 2.23. The standard InChI is InChI=1S/C20H41Cl/c1-5-6-7-8-9-10-11-12-13-14-15-16-17-18-20(4,21)19(2)3/h19H,5-18H2,1-4H3. The number of rotatable bonds is 15. The van der Waals surface area contributed by atoms with Crippen molar-refractivity contribution >= 4 is 11.6 Å². The van der Waals surface area contributed by atoms with E-state index >= 15 is 0 Å². The zero-order valence-corrected chi connectivity index (χ0v) is 16.1. The van der Waals surface area contributed by atoms with Crippen molar-refractivity contribution in [1.82, 2.24) is 0 Å². The maximum atomic E-state index is 6.51. The Balaban J connectivity index is 3.16. The van der Waals surface area contributed by atoms with Crippen LogP contribution >= 0.6 is 11.6 Å². The second kappa shape index (κ2) is 13.9. The maximum Gasteiger partial charge on any atom is 0.0441 e. The van der Waals surface area contributed by atoms with Gasteiger partial charge in [0.2, 0.25) is 0 Å². The number of alkyl halides is 1. The highest BCUT2D eigenvalue weighted by atomic mass is 35.5. The van der Waals surface area contributed by atoms with Gasteiger partial charge in [0.05, 0.1) is 0 Å². The smallest absolute Gasteiger partial charge is 0.0441 e. The predicted octanol–water partition coefficient (Wildman–Crippen LogP) is 8.12. The molecule has 1 atom stereocenters. The molecular weight excluding hydrogens is 276 g/mol. The molecule has 0 spiro atoms. The Bertz CT molecular complexity index is 208. The van der Waals surface area contributed by atoms with Gasteiger partial charge in [-0.3, -0.25) is 0 Å². The number of hydrogen-bond donors (Lipinski definition) is 0. The summed E-state index contributed by atoms with van der Waals surface area (Å²) < 4.78 is 0. The first-order valence-electron chi connectivity index (χ1n) is 9.69. The van der Waals surface area contributed by atoms with Crippen LogP contribution in [0.15, 0.2) is 0 Å². The summed E-state index contributed by atoms with van der Waals surface area (Å²) in [4.78, 5) is 0.0117. The Labute approximate surface area is 140 Å². The molecule has 1 unspecified atom stereocenters. The number of halogens is 1. The van der Waals surface area contributed by atoms with Crippen LogP contribution in [0.4, 0.5) is 0 Å². The van der Waals surface area contributed by atoms with E-state index in [-0.39, 0.29) is 4.87 Å². The van der Waals surface area contributed by atoms with Crippen molar-refractivity contribution in [2.24, 2.45) is 5.92 Å². The van der Waals surface area contributed by atoms with Crippen molar-refractivity contribution in [2.45, 2.75) is 122 Å². The van der Waals surface area contributed by atoms with Crippen molar-refractivity contribution in [3.63, 3.8) is 0 Å². The van der Waals surface area contributed by atoms with Gasteiger partial charge in [-0.2, -0.15) is 0 Å². The van der Waals surface area contributed by atoms with E-state index in [4.69, 9.17) is 11.6 Å². The average Bonchev–Trinajstić information content (AvgIpc) is 2.43. The molecule has 0 nitrogen and oxygen atoms in total. The summed E-state index contributed by atoms with van der Waals surface area (Å²) in [5.74, 6) is 0.580. The number of unbranched alkanes of at least 4 members (excludes halogenated alkanes) is 12. The summed E-state index contributed by atoms with van der Waals surface area (Å²) in [6.45, 7) is 8.95. The molecule has 0 rings (SSSR count). The van der Waals surface area contributed by atoms with E-state index in [1.54, 1.807) is 0 Å². The topological polar surface area (TPSA) is 0 Å². The third-order valence-corrected chi connectivity index (χ3v) is 5.60. The summed E-state index contributed by atoms with van der Waals surface area (Å²) in [6, 6.07) is 0. The molecular formula is C20H41Cl. The molecule has 0 aromatic heterocycles. The van der Waals surface area contributed by atoms with Crippen LogP contribution in [0.5, 0.6) is 0 Å². The minimum atomic E-state index is 0.0117.